The second-order valence-electron chi connectivity index (χ2n) is 4.60. The molecule has 1 saturated heterocycles. The lowest BCUT2D eigenvalue weighted by Gasteiger charge is -2.30. The zero-order valence-corrected chi connectivity index (χ0v) is 10.5. The van der Waals surface area contributed by atoms with Gasteiger partial charge in [-0.2, -0.15) is 0 Å². The Bertz CT molecular complexity index is 427. The maximum absolute atomic E-state index is 12.9. The van der Waals surface area contributed by atoms with Crippen molar-refractivity contribution < 1.29 is 9.18 Å². The van der Waals surface area contributed by atoms with Gasteiger partial charge in [0.05, 0.1) is 10.6 Å². The number of rotatable bonds is 1. The average molecular weight is 256 g/mol. The van der Waals surface area contributed by atoms with Crippen LogP contribution in [0.25, 0.3) is 0 Å². The predicted octanol–water partition coefficient (Wildman–Crippen LogP) is 3.35. The molecule has 1 aromatic carbocycles. The second-order valence-corrected chi connectivity index (χ2v) is 5.01. The van der Waals surface area contributed by atoms with Crippen molar-refractivity contribution >= 4 is 17.5 Å². The van der Waals surface area contributed by atoms with Crippen LogP contribution in [0, 0.1) is 11.7 Å². The summed E-state index contributed by atoms with van der Waals surface area (Å²) in [7, 11) is 0. The van der Waals surface area contributed by atoms with Gasteiger partial charge < -0.3 is 4.90 Å². The van der Waals surface area contributed by atoms with E-state index in [1.165, 1.54) is 18.2 Å². The number of amides is 1. The third-order valence-electron chi connectivity index (χ3n) is 3.23. The van der Waals surface area contributed by atoms with E-state index in [4.69, 9.17) is 11.6 Å². The summed E-state index contributed by atoms with van der Waals surface area (Å²) in [4.78, 5) is 13.9. The molecule has 17 heavy (non-hydrogen) atoms. The van der Waals surface area contributed by atoms with E-state index in [9.17, 15) is 9.18 Å². The van der Waals surface area contributed by atoms with E-state index in [-0.39, 0.29) is 10.9 Å². The molecule has 0 spiro atoms. The first-order valence-corrected chi connectivity index (χ1v) is 6.20. The van der Waals surface area contributed by atoms with Crippen LogP contribution in [-0.4, -0.2) is 23.9 Å². The molecule has 1 amide bonds. The van der Waals surface area contributed by atoms with E-state index >= 15 is 0 Å². The van der Waals surface area contributed by atoms with Crippen molar-refractivity contribution in [3.63, 3.8) is 0 Å². The summed E-state index contributed by atoms with van der Waals surface area (Å²) in [5, 5.41) is 0.189. The molecule has 1 heterocycles. The molecule has 1 fully saturated rings. The molecular formula is C13H15ClFNO. The lowest BCUT2D eigenvalue weighted by atomic mass is 9.98. The lowest BCUT2D eigenvalue weighted by Crippen LogP contribution is -2.38. The van der Waals surface area contributed by atoms with Gasteiger partial charge in [-0.1, -0.05) is 18.5 Å². The minimum Gasteiger partial charge on any atom is -0.339 e. The maximum atomic E-state index is 12.9. The van der Waals surface area contributed by atoms with E-state index < -0.39 is 5.82 Å². The van der Waals surface area contributed by atoms with Crippen molar-refractivity contribution in [1.29, 1.82) is 0 Å². The van der Waals surface area contributed by atoms with Gasteiger partial charge in [-0.15, -0.1) is 0 Å². The molecule has 0 unspecified atom stereocenters. The molecule has 0 bridgehead atoms. The van der Waals surface area contributed by atoms with Crippen LogP contribution in [0.1, 0.15) is 30.1 Å². The first kappa shape index (κ1) is 12.4. The molecule has 0 aliphatic carbocycles. The third-order valence-corrected chi connectivity index (χ3v) is 3.55. The van der Waals surface area contributed by atoms with E-state index in [1.54, 1.807) is 4.90 Å². The van der Waals surface area contributed by atoms with Crippen LogP contribution in [0.2, 0.25) is 5.02 Å². The highest BCUT2D eigenvalue weighted by atomic mass is 35.5. The quantitative estimate of drug-likeness (QED) is 0.754. The highest BCUT2D eigenvalue weighted by Crippen LogP contribution is 2.22. The zero-order valence-electron chi connectivity index (χ0n) is 9.75. The van der Waals surface area contributed by atoms with Crippen LogP contribution in [0.3, 0.4) is 0 Å². The first-order valence-electron chi connectivity index (χ1n) is 5.82. The monoisotopic (exact) mass is 255 g/mol. The van der Waals surface area contributed by atoms with Crippen LogP contribution in [0.4, 0.5) is 4.39 Å². The normalized spacial score (nSPS) is 17.2. The number of halogens is 2. The van der Waals surface area contributed by atoms with Crippen LogP contribution in [-0.2, 0) is 0 Å². The van der Waals surface area contributed by atoms with Gasteiger partial charge >= 0.3 is 0 Å². The van der Waals surface area contributed by atoms with E-state index in [2.05, 4.69) is 6.92 Å². The average Bonchev–Trinajstić information content (AvgIpc) is 2.29. The molecule has 92 valence electrons. The van der Waals surface area contributed by atoms with Crippen molar-refractivity contribution in [2.75, 3.05) is 13.1 Å². The number of piperidine rings is 1. The highest BCUT2D eigenvalue weighted by Gasteiger charge is 2.22. The molecule has 1 aromatic rings. The summed E-state index contributed by atoms with van der Waals surface area (Å²) < 4.78 is 12.9. The van der Waals surface area contributed by atoms with Gasteiger partial charge in [0.1, 0.15) is 5.82 Å². The first-order chi connectivity index (χ1) is 8.08. The van der Waals surface area contributed by atoms with Crippen LogP contribution in [0.5, 0.6) is 0 Å². The van der Waals surface area contributed by atoms with Crippen molar-refractivity contribution in [3.05, 3.63) is 34.6 Å². The number of carbonyl (C=O) groups excluding carboxylic acids is 1. The topological polar surface area (TPSA) is 20.3 Å². The maximum Gasteiger partial charge on any atom is 0.255 e. The minimum absolute atomic E-state index is 0.0955. The van der Waals surface area contributed by atoms with Gasteiger partial charge in [-0.05, 0) is 37.0 Å². The molecule has 0 atom stereocenters. The largest absolute Gasteiger partial charge is 0.339 e. The number of hydrogen-bond acceptors (Lipinski definition) is 1. The highest BCUT2D eigenvalue weighted by molar-refractivity contribution is 6.33. The molecule has 1 aliphatic rings. The lowest BCUT2D eigenvalue weighted by molar-refractivity contribution is 0.0697. The van der Waals surface area contributed by atoms with Gasteiger partial charge in [-0.25, -0.2) is 4.39 Å². The Labute approximate surface area is 105 Å². The molecular weight excluding hydrogens is 241 g/mol. The summed E-state index contributed by atoms with van der Waals surface area (Å²) in [5.41, 5.74) is 0.391. The SMILES string of the molecule is CC1CCN(C(=O)c2ccc(F)cc2Cl)CC1. The number of nitrogens with zero attached hydrogens (tertiary/aromatic N) is 1. The Hall–Kier alpha value is -1.09. The molecule has 0 saturated carbocycles. The smallest absolute Gasteiger partial charge is 0.255 e. The summed E-state index contributed by atoms with van der Waals surface area (Å²) in [6, 6.07) is 3.91. The summed E-state index contributed by atoms with van der Waals surface area (Å²) in [5.74, 6) is 0.156. The second kappa shape index (κ2) is 5.05. The molecule has 0 radical (unpaired) electrons. The van der Waals surface area contributed by atoms with Crippen molar-refractivity contribution in [2.45, 2.75) is 19.8 Å². The zero-order chi connectivity index (χ0) is 12.4. The van der Waals surface area contributed by atoms with Gasteiger partial charge in [-0.3, -0.25) is 4.79 Å². The molecule has 1 aliphatic heterocycles. The Kier molecular flexibility index (Phi) is 3.67. The fourth-order valence-corrected chi connectivity index (χ4v) is 2.29. The predicted molar refractivity (Wildman–Crippen MR) is 65.7 cm³/mol. The Morgan fingerprint density at radius 3 is 2.65 bits per heavy atom. The third kappa shape index (κ3) is 2.78. The standard InChI is InChI=1S/C13H15ClFNO/c1-9-4-6-16(7-5-9)13(17)11-3-2-10(15)8-12(11)14/h2-3,8-9H,4-7H2,1H3. The Morgan fingerprint density at radius 2 is 2.06 bits per heavy atom. The van der Waals surface area contributed by atoms with Gasteiger partial charge in [0.2, 0.25) is 0 Å². The summed E-state index contributed by atoms with van der Waals surface area (Å²) >= 11 is 5.88. The molecule has 4 heteroatoms. The van der Waals surface area contributed by atoms with E-state index in [1.807, 2.05) is 0 Å². The Morgan fingerprint density at radius 1 is 1.41 bits per heavy atom. The van der Waals surface area contributed by atoms with Gasteiger partial charge in [0, 0.05) is 13.1 Å². The van der Waals surface area contributed by atoms with Crippen LogP contribution in [0.15, 0.2) is 18.2 Å². The van der Waals surface area contributed by atoms with Crippen LogP contribution >= 0.6 is 11.6 Å². The fraction of sp³-hybridized carbons (Fsp3) is 0.462. The number of likely N-dealkylation sites (tertiary alicyclic amines) is 1. The van der Waals surface area contributed by atoms with Crippen LogP contribution < -0.4 is 0 Å². The number of hydrogen-bond donors (Lipinski definition) is 0. The van der Waals surface area contributed by atoms with E-state index in [0.29, 0.717) is 11.5 Å². The molecule has 0 aromatic heterocycles. The molecule has 2 nitrogen and oxygen atoms in total. The van der Waals surface area contributed by atoms with Crippen molar-refractivity contribution in [1.82, 2.24) is 4.90 Å². The summed E-state index contributed by atoms with van der Waals surface area (Å²) in [6.45, 7) is 3.70. The van der Waals surface area contributed by atoms with Gasteiger partial charge in [0.15, 0.2) is 0 Å². The fourth-order valence-electron chi connectivity index (χ4n) is 2.04. The van der Waals surface area contributed by atoms with Gasteiger partial charge in [0.25, 0.3) is 5.91 Å². The van der Waals surface area contributed by atoms with Crippen molar-refractivity contribution in [2.24, 2.45) is 5.92 Å². The molecule has 2 rings (SSSR count). The number of benzene rings is 1. The Balaban J connectivity index is 2.14. The minimum atomic E-state index is -0.418. The van der Waals surface area contributed by atoms with Crippen molar-refractivity contribution in [3.8, 4) is 0 Å². The summed E-state index contributed by atoms with van der Waals surface area (Å²) in [6.07, 6.45) is 2.04. The number of carbonyl (C=O) groups is 1. The van der Waals surface area contributed by atoms with E-state index in [0.717, 1.165) is 25.9 Å². The molecule has 0 N–H and O–H groups in total.